The minimum absolute atomic E-state index is 0.0148. The zero-order valence-corrected chi connectivity index (χ0v) is 16.1. The average Bonchev–Trinajstić information content (AvgIpc) is 3.07. The number of hydrogen-bond donors (Lipinski definition) is 1. The van der Waals surface area contributed by atoms with Gasteiger partial charge in [0.2, 0.25) is 5.88 Å². The number of aromatic nitrogens is 2. The molecule has 8 nitrogen and oxygen atoms in total. The van der Waals surface area contributed by atoms with E-state index in [4.69, 9.17) is 10.5 Å². The zero-order valence-electron chi connectivity index (χ0n) is 16.1. The molecule has 0 unspecified atom stereocenters. The molecule has 1 aromatic heterocycles. The number of nitro benzene ring substituents is 1. The Labute approximate surface area is 168 Å². The lowest BCUT2D eigenvalue weighted by molar-refractivity contribution is -0.384. The fourth-order valence-electron chi connectivity index (χ4n) is 2.66. The number of nitrogens with zero attached hydrogens (tertiary/aromatic N) is 4. The van der Waals surface area contributed by atoms with Gasteiger partial charge < -0.3 is 10.5 Å². The van der Waals surface area contributed by atoms with Gasteiger partial charge in [0.1, 0.15) is 6.61 Å². The van der Waals surface area contributed by atoms with Crippen LogP contribution in [0.25, 0.3) is 5.69 Å². The molecule has 0 saturated heterocycles. The Kier molecular flexibility index (Phi) is 6.03. The van der Waals surface area contributed by atoms with Crippen LogP contribution in [-0.4, -0.2) is 27.0 Å². The number of aliphatic imine (C=N–C) groups is 1. The molecule has 0 bridgehead atoms. The van der Waals surface area contributed by atoms with Gasteiger partial charge in [-0.15, -0.1) is 0 Å². The number of benzene rings is 2. The molecule has 3 aromatic rings. The second-order valence-electron chi connectivity index (χ2n) is 6.42. The van der Waals surface area contributed by atoms with Crippen molar-refractivity contribution in [1.82, 2.24) is 9.78 Å². The van der Waals surface area contributed by atoms with Crippen LogP contribution in [0.5, 0.6) is 5.88 Å². The third-order valence-corrected chi connectivity index (χ3v) is 3.90. The van der Waals surface area contributed by atoms with Crippen LogP contribution in [0, 0.1) is 17.0 Å². The van der Waals surface area contributed by atoms with Crippen molar-refractivity contribution in [3.05, 3.63) is 88.2 Å². The molecule has 0 fully saturated rings. The van der Waals surface area contributed by atoms with Crippen molar-refractivity contribution in [1.29, 1.82) is 0 Å². The topological polar surface area (TPSA) is 109 Å². The fraction of sp³-hybridized carbons (Fsp3) is 0.143. The van der Waals surface area contributed by atoms with Gasteiger partial charge in [0, 0.05) is 23.9 Å². The standard InChI is InChI=1S/C21H21N5O3/c1-15(22)12-18(23-17-6-4-3-5-7-17)14-29-21-13-16(2)24-25(21)19-8-10-20(11-9-19)26(27)28/h3-13H,14,22H2,1-2H3. The normalized spacial score (nSPS) is 12.1. The van der Waals surface area contributed by atoms with Crippen molar-refractivity contribution in [2.75, 3.05) is 6.61 Å². The summed E-state index contributed by atoms with van der Waals surface area (Å²) < 4.78 is 7.56. The van der Waals surface area contributed by atoms with Crippen molar-refractivity contribution < 1.29 is 9.66 Å². The maximum atomic E-state index is 10.9. The molecule has 0 spiro atoms. The molecule has 29 heavy (non-hydrogen) atoms. The zero-order chi connectivity index (χ0) is 20.8. The minimum Gasteiger partial charge on any atom is -0.471 e. The lowest BCUT2D eigenvalue weighted by Crippen LogP contribution is -2.13. The van der Waals surface area contributed by atoms with Gasteiger partial charge in [-0.2, -0.15) is 5.10 Å². The van der Waals surface area contributed by atoms with Gasteiger partial charge in [-0.25, -0.2) is 9.67 Å². The van der Waals surface area contributed by atoms with Crippen LogP contribution in [0.2, 0.25) is 0 Å². The third-order valence-electron chi connectivity index (χ3n) is 3.90. The number of rotatable bonds is 7. The maximum absolute atomic E-state index is 10.9. The second kappa shape index (κ2) is 8.83. The van der Waals surface area contributed by atoms with E-state index in [1.807, 2.05) is 37.3 Å². The lowest BCUT2D eigenvalue weighted by atomic mass is 10.3. The van der Waals surface area contributed by atoms with Crippen LogP contribution < -0.4 is 10.5 Å². The van der Waals surface area contributed by atoms with Crippen molar-refractivity contribution in [3.63, 3.8) is 0 Å². The number of para-hydroxylation sites is 1. The van der Waals surface area contributed by atoms with E-state index in [-0.39, 0.29) is 12.3 Å². The molecule has 0 aliphatic carbocycles. The second-order valence-corrected chi connectivity index (χ2v) is 6.42. The van der Waals surface area contributed by atoms with Gasteiger partial charge in [-0.1, -0.05) is 18.2 Å². The molecular formula is C21H21N5O3. The number of aryl methyl sites for hydroxylation is 1. The highest BCUT2D eigenvalue weighted by molar-refractivity contribution is 5.98. The van der Waals surface area contributed by atoms with E-state index in [1.165, 1.54) is 12.1 Å². The molecule has 0 aliphatic rings. The van der Waals surface area contributed by atoms with Crippen LogP contribution in [0.4, 0.5) is 11.4 Å². The van der Waals surface area contributed by atoms with Gasteiger partial charge >= 0.3 is 0 Å². The Balaban J connectivity index is 1.85. The van der Waals surface area contributed by atoms with E-state index in [9.17, 15) is 10.1 Å². The minimum atomic E-state index is -0.441. The van der Waals surface area contributed by atoms with E-state index in [0.717, 1.165) is 11.4 Å². The highest BCUT2D eigenvalue weighted by Crippen LogP contribution is 2.22. The summed E-state index contributed by atoms with van der Waals surface area (Å²) in [5.41, 5.74) is 9.33. The Bertz CT molecular complexity index is 1050. The summed E-state index contributed by atoms with van der Waals surface area (Å²) in [6.07, 6.45) is 1.76. The molecule has 0 amide bonds. The predicted octanol–water partition coefficient (Wildman–Crippen LogP) is 4.10. The van der Waals surface area contributed by atoms with Gasteiger partial charge in [-0.05, 0) is 44.2 Å². The quantitative estimate of drug-likeness (QED) is 0.370. The molecule has 0 atom stereocenters. The lowest BCUT2D eigenvalue weighted by Gasteiger charge is -2.10. The van der Waals surface area contributed by atoms with E-state index in [1.54, 1.807) is 35.9 Å². The number of nitrogens with two attached hydrogens (primary N) is 1. The van der Waals surface area contributed by atoms with Gasteiger partial charge in [0.15, 0.2) is 0 Å². The summed E-state index contributed by atoms with van der Waals surface area (Å²) in [7, 11) is 0. The average molecular weight is 391 g/mol. The molecule has 3 rings (SSSR count). The van der Waals surface area contributed by atoms with Crippen LogP contribution in [-0.2, 0) is 0 Å². The van der Waals surface area contributed by atoms with Gasteiger partial charge in [-0.3, -0.25) is 10.1 Å². The smallest absolute Gasteiger partial charge is 0.269 e. The van der Waals surface area contributed by atoms with E-state index >= 15 is 0 Å². The molecule has 148 valence electrons. The Hall–Kier alpha value is -3.94. The first-order valence-corrected chi connectivity index (χ1v) is 8.93. The summed E-state index contributed by atoms with van der Waals surface area (Å²) in [6.45, 7) is 3.81. The fourth-order valence-corrected chi connectivity index (χ4v) is 2.66. The van der Waals surface area contributed by atoms with Crippen LogP contribution in [0.15, 0.2) is 77.4 Å². The summed E-state index contributed by atoms with van der Waals surface area (Å²) in [4.78, 5) is 15.0. The first-order valence-electron chi connectivity index (χ1n) is 8.93. The molecule has 0 aliphatic heterocycles. The molecule has 2 aromatic carbocycles. The van der Waals surface area contributed by atoms with Crippen LogP contribution in [0.1, 0.15) is 12.6 Å². The van der Waals surface area contributed by atoms with E-state index in [2.05, 4.69) is 10.1 Å². The van der Waals surface area contributed by atoms with Gasteiger partial charge in [0.25, 0.3) is 5.69 Å². The monoisotopic (exact) mass is 391 g/mol. The first-order chi connectivity index (χ1) is 13.9. The summed E-state index contributed by atoms with van der Waals surface area (Å²) in [6, 6.07) is 17.4. The van der Waals surface area contributed by atoms with Crippen LogP contribution >= 0.6 is 0 Å². The Morgan fingerprint density at radius 1 is 1.24 bits per heavy atom. The summed E-state index contributed by atoms with van der Waals surface area (Å²) in [5, 5.41) is 15.3. The number of ether oxygens (including phenoxy) is 1. The summed E-state index contributed by atoms with van der Waals surface area (Å²) in [5.74, 6) is 0.500. The molecule has 2 N–H and O–H groups in total. The predicted molar refractivity (Wildman–Crippen MR) is 112 cm³/mol. The van der Waals surface area contributed by atoms with Gasteiger partial charge in [0.05, 0.1) is 27.7 Å². The Morgan fingerprint density at radius 3 is 2.55 bits per heavy atom. The molecule has 0 saturated carbocycles. The highest BCUT2D eigenvalue weighted by Gasteiger charge is 2.12. The SMILES string of the molecule is CC(N)=CC(COc1cc(C)nn1-c1ccc([N+](=O)[O-])cc1)=Nc1ccccc1. The Morgan fingerprint density at radius 2 is 1.93 bits per heavy atom. The molecule has 1 heterocycles. The van der Waals surface area contributed by atoms with E-state index < -0.39 is 4.92 Å². The summed E-state index contributed by atoms with van der Waals surface area (Å²) >= 11 is 0. The number of allylic oxidation sites excluding steroid dienone is 1. The van der Waals surface area contributed by atoms with Crippen molar-refractivity contribution in [2.45, 2.75) is 13.8 Å². The number of hydrogen-bond acceptors (Lipinski definition) is 6. The highest BCUT2D eigenvalue weighted by atomic mass is 16.6. The van der Waals surface area contributed by atoms with Crippen molar-refractivity contribution in [2.24, 2.45) is 10.7 Å². The molecular weight excluding hydrogens is 370 g/mol. The van der Waals surface area contributed by atoms with Crippen molar-refractivity contribution >= 4 is 17.1 Å². The maximum Gasteiger partial charge on any atom is 0.269 e. The largest absolute Gasteiger partial charge is 0.471 e. The van der Waals surface area contributed by atoms with E-state index in [0.29, 0.717) is 23.0 Å². The third kappa shape index (κ3) is 5.29. The van der Waals surface area contributed by atoms with Crippen LogP contribution in [0.3, 0.4) is 0 Å². The molecule has 0 radical (unpaired) electrons. The molecule has 8 heteroatoms. The van der Waals surface area contributed by atoms with Crippen molar-refractivity contribution in [3.8, 4) is 11.6 Å². The number of nitro groups is 1. The first kappa shape index (κ1) is 19.8. The number of non-ortho nitro benzene ring substituents is 1.